The Labute approximate surface area is 141 Å². The van der Waals surface area contributed by atoms with Gasteiger partial charge >= 0.3 is 5.97 Å². The molecule has 0 saturated heterocycles. The van der Waals surface area contributed by atoms with Crippen LogP contribution in [0.25, 0.3) is 5.69 Å². The molecule has 0 aliphatic rings. The molecule has 0 unspecified atom stereocenters. The molecular formula is C16H13N5O4. The number of ether oxygens (including phenoxy) is 1. The number of amides is 1. The van der Waals surface area contributed by atoms with Crippen molar-refractivity contribution in [2.45, 2.75) is 0 Å². The summed E-state index contributed by atoms with van der Waals surface area (Å²) < 4.78 is 6.11. The van der Waals surface area contributed by atoms with Gasteiger partial charge in [-0.25, -0.2) is 14.5 Å². The topological polar surface area (TPSA) is 119 Å². The van der Waals surface area contributed by atoms with E-state index in [9.17, 15) is 14.4 Å². The number of rotatable bonds is 5. The van der Waals surface area contributed by atoms with E-state index in [2.05, 4.69) is 20.4 Å². The summed E-state index contributed by atoms with van der Waals surface area (Å²) in [5.41, 5.74) is 0.291. The number of H-pyrrole nitrogens is 1. The largest absolute Gasteiger partial charge is 0.451 e. The first kappa shape index (κ1) is 16.1. The van der Waals surface area contributed by atoms with Gasteiger partial charge in [-0.2, -0.15) is 0 Å². The van der Waals surface area contributed by atoms with Crippen LogP contribution < -0.4 is 10.9 Å². The number of nitrogens with zero attached hydrogens (tertiary/aromatic N) is 3. The third-order valence-corrected chi connectivity index (χ3v) is 3.12. The number of hydrogen-bond donors (Lipinski definition) is 2. The van der Waals surface area contributed by atoms with Gasteiger partial charge in [-0.05, 0) is 12.1 Å². The lowest BCUT2D eigenvalue weighted by Gasteiger charge is -2.05. The summed E-state index contributed by atoms with van der Waals surface area (Å²) in [6.07, 6.45) is 3.99. The Kier molecular flexibility index (Phi) is 4.65. The van der Waals surface area contributed by atoms with E-state index in [0.29, 0.717) is 5.69 Å². The van der Waals surface area contributed by atoms with E-state index >= 15 is 0 Å². The quantitative estimate of drug-likeness (QED) is 0.662. The van der Waals surface area contributed by atoms with Crippen molar-refractivity contribution < 1.29 is 14.3 Å². The summed E-state index contributed by atoms with van der Waals surface area (Å²) in [5, 5.41) is 5.21. The first-order valence-corrected chi connectivity index (χ1v) is 7.24. The second-order valence-corrected chi connectivity index (χ2v) is 4.89. The molecule has 0 bridgehead atoms. The van der Waals surface area contributed by atoms with Crippen LogP contribution in [0.4, 0.5) is 5.82 Å². The molecule has 1 amide bonds. The number of aromatic amines is 1. The molecule has 126 valence electrons. The molecular weight excluding hydrogens is 326 g/mol. The van der Waals surface area contributed by atoms with Crippen LogP contribution in [0.1, 0.15) is 10.5 Å². The lowest BCUT2D eigenvalue weighted by atomic mass is 10.3. The van der Waals surface area contributed by atoms with Crippen LogP contribution in [0, 0.1) is 0 Å². The molecule has 2 heterocycles. The normalized spacial score (nSPS) is 10.2. The molecule has 0 radical (unpaired) electrons. The van der Waals surface area contributed by atoms with Crippen LogP contribution in [0.5, 0.6) is 0 Å². The maximum atomic E-state index is 12.0. The maximum absolute atomic E-state index is 12.0. The smallest absolute Gasteiger partial charge is 0.359 e. The third-order valence-electron chi connectivity index (χ3n) is 3.12. The Morgan fingerprint density at radius 2 is 2.00 bits per heavy atom. The van der Waals surface area contributed by atoms with Gasteiger partial charge < -0.3 is 10.1 Å². The highest BCUT2D eigenvalue weighted by Crippen LogP contribution is 2.06. The summed E-state index contributed by atoms with van der Waals surface area (Å²) in [4.78, 5) is 43.0. The van der Waals surface area contributed by atoms with E-state index in [1.54, 1.807) is 24.3 Å². The highest BCUT2D eigenvalue weighted by Gasteiger charge is 2.13. The molecule has 9 nitrogen and oxygen atoms in total. The van der Waals surface area contributed by atoms with Gasteiger partial charge in [-0.15, -0.1) is 0 Å². The van der Waals surface area contributed by atoms with E-state index < -0.39 is 18.5 Å². The monoisotopic (exact) mass is 339 g/mol. The maximum Gasteiger partial charge on any atom is 0.359 e. The summed E-state index contributed by atoms with van der Waals surface area (Å²) in [6, 6.07) is 10.1. The molecule has 2 N–H and O–H groups in total. The molecule has 9 heteroatoms. The molecule has 25 heavy (non-hydrogen) atoms. The van der Waals surface area contributed by atoms with Crippen LogP contribution >= 0.6 is 0 Å². The number of nitrogens with one attached hydrogen (secondary N) is 2. The summed E-state index contributed by atoms with van der Waals surface area (Å²) in [5.74, 6) is -1.17. The number of hydrogen-bond acceptors (Lipinski definition) is 6. The van der Waals surface area contributed by atoms with Crippen LogP contribution in [0.3, 0.4) is 0 Å². The number of benzene rings is 1. The minimum atomic E-state index is -0.765. The van der Waals surface area contributed by atoms with Crippen molar-refractivity contribution in [2.75, 3.05) is 11.9 Å². The zero-order valence-corrected chi connectivity index (χ0v) is 12.9. The lowest BCUT2D eigenvalue weighted by molar-refractivity contribution is -0.119. The molecule has 0 atom stereocenters. The molecule has 0 fully saturated rings. The van der Waals surface area contributed by atoms with Crippen LogP contribution in [-0.2, 0) is 9.53 Å². The van der Waals surface area contributed by atoms with Gasteiger partial charge in [0.25, 0.3) is 11.5 Å². The molecule has 3 rings (SSSR count). The number of anilines is 1. The Balaban J connectivity index is 1.60. The van der Waals surface area contributed by atoms with E-state index in [0.717, 1.165) is 0 Å². The van der Waals surface area contributed by atoms with Gasteiger partial charge in [0.15, 0.2) is 12.3 Å². The van der Waals surface area contributed by atoms with Crippen molar-refractivity contribution in [2.24, 2.45) is 0 Å². The highest BCUT2D eigenvalue weighted by molar-refractivity contribution is 5.94. The molecule has 0 aliphatic carbocycles. The molecule has 0 saturated carbocycles. The van der Waals surface area contributed by atoms with Gasteiger partial charge in [-0.3, -0.25) is 19.7 Å². The van der Waals surface area contributed by atoms with E-state index in [-0.39, 0.29) is 17.1 Å². The fourth-order valence-corrected chi connectivity index (χ4v) is 2.02. The van der Waals surface area contributed by atoms with E-state index in [1.165, 1.54) is 29.3 Å². The number of aromatic nitrogens is 4. The zero-order valence-electron chi connectivity index (χ0n) is 12.9. The predicted molar refractivity (Wildman–Crippen MR) is 87.3 cm³/mol. The van der Waals surface area contributed by atoms with Crippen molar-refractivity contribution in [1.82, 2.24) is 19.7 Å². The Bertz CT molecular complexity index is 934. The van der Waals surface area contributed by atoms with Crippen LogP contribution in [0.2, 0.25) is 0 Å². The van der Waals surface area contributed by atoms with Gasteiger partial charge in [0.1, 0.15) is 5.82 Å². The molecule has 1 aromatic carbocycles. The van der Waals surface area contributed by atoms with Crippen LogP contribution in [-0.4, -0.2) is 38.2 Å². The van der Waals surface area contributed by atoms with Crippen molar-refractivity contribution >= 4 is 17.7 Å². The lowest BCUT2D eigenvalue weighted by Crippen LogP contribution is -2.21. The van der Waals surface area contributed by atoms with Gasteiger partial charge in [0.2, 0.25) is 0 Å². The van der Waals surface area contributed by atoms with Crippen molar-refractivity contribution in [3.8, 4) is 5.69 Å². The number of carbonyl (C=O) groups excluding carboxylic acids is 2. The zero-order chi connectivity index (χ0) is 17.6. The minimum absolute atomic E-state index is 0.000984. The van der Waals surface area contributed by atoms with E-state index in [1.807, 2.05) is 6.07 Å². The summed E-state index contributed by atoms with van der Waals surface area (Å²) >= 11 is 0. The Morgan fingerprint density at radius 1 is 1.20 bits per heavy atom. The average molecular weight is 339 g/mol. The number of esters is 1. The average Bonchev–Trinajstić information content (AvgIpc) is 3.01. The Hall–Kier alpha value is -3.75. The predicted octanol–water partition coefficient (Wildman–Crippen LogP) is 0.751. The summed E-state index contributed by atoms with van der Waals surface area (Å²) in [7, 11) is 0. The van der Waals surface area contributed by atoms with Crippen LogP contribution in [0.15, 0.2) is 59.8 Å². The standard InChI is InChI=1S/C16H13N5O4/c22-14(10-25-16(24)12-9-17-6-7-18-12)19-13-8-15(23)21(20-13)11-4-2-1-3-5-11/h1-9,20H,10H2,(H,19,22). The van der Waals surface area contributed by atoms with E-state index in [4.69, 9.17) is 4.74 Å². The van der Waals surface area contributed by atoms with Crippen molar-refractivity contribution in [3.05, 3.63) is 71.0 Å². The van der Waals surface area contributed by atoms with Crippen molar-refractivity contribution in [3.63, 3.8) is 0 Å². The molecule has 3 aromatic rings. The second kappa shape index (κ2) is 7.21. The first-order valence-electron chi connectivity index (χ1n) is 7.24. The van der Waals surface area contributed by atoms with Gasteiger partial charge in [0, 0.05) is 18.5 Å². The third kappa shape index (κ3) is 3.96. The van der Waals surface area contributed by atoms with Gasteiger partial charge in [-0.1, -0.05) is 18.2 Å². The number of carbonyl (C=O) groups is 2. The molecule has 2 aromatic heterocycles. The summed E-state index contributed by atoms with van der Waals surface area (Å²) in [6.45, 7) is -0.520. The number of para-hydroxylation sites is 1. The molecule has 0 spiro atoms. The van der Waals surface area contributed by atoms with Crippen molar-refractivity contribution in [1.29, 1.82) is 0 Å². The van der Waals surface area contributed by atoms with Gasteiger partial charge in [0.05, 0.1) is 11.9 Å². The fourth-order valence-electron chi connectivity index (χ4n) is 2.02. The SMILES string of the molecule is O=C(COC(=O)c1cnccn1)Nc1cc(=O)n(-c2ccccc2)[nH]1. The first-order chi connectivity index (χ1) is 12.1. The second-order valence-electron chi connectivity index (χ2n) is 4.89. The fraction of sp³-hybridized carbons (Fsp3) is 0.0625. The molecule has 0 aliphatic heterocycles. The Morgan fingerprint density at radius 3 is 2.72 bits per heavy atom. The highest BCUT2D eigenvalue weighted by atomic mass is 16.5. The minimum Gasteiger partial charge on any atom is -0.451 e.